The average Bonchev–Trinajstić information content (AvgIpc) is 2.92. The van der Waals surface area contributed by atoms with Crippen LogP contribution in [-0.2, 0) is 4.79 Å². The summed E-state index contributed by atoms with van der Waals surface area (Å²) in [5.41, 5.74) is 7.10. The molecule has 1 amide bonds. The normalized spacial score (nSPS) is 17.0. The van der Waals surface area contributed by atoms with Crippen LogP contribution in [0.3, 0.4) is 0 Å². The number of hydrogen-bond donors (Lipinski definition) is 2. The number of anilines is 1. The highest BCUT2D eigenvalue weighted by Gasteiger charge is 2.27. The van der Waals surface area contributed by atoms with Crippen molar-refractivity contribution in [2.75, 3.05) is 11.4 Å². The first-order valence-electron chi connectivity index (χ1n) is 7.43. The lowest BCUT2D eigenvalue weighted by molar-refractivity contribution is -0.116. The number of halogens is 1. The summed E-state index contributed by atoms with van der Waals surface area (Å²) in [6.07, 6.45) is 3.41. The van der Waals surface area contributed by atoms with E-state index in [-0.39, 0.29) is 18.4 Å². The second-order valence-corrected chi connectivity index (χ2v) is 5.87. The van der Waals surface area contributed by atoms with Gasteiger partial charge in [-0.2, -0.15) is 0 Å². The van der Waals surface area contributed by atoms with Crippen LogP contribution in [0.2, 0.25) is 0 Å². The molecule has 116 valence electrons. The number of aryl methyl sites for hydroxylation is 1. The van der Waals surface area contributed by atoms with Crippen molar-refractivity contribution in [3.05, 3.63) is 29.1 Å². The van der Waals surface area contributed by atoms with E-state index in [2.05, 4.69) is 0 Å². The lowest BCUT2D eigenvalue weighted by Gasteiger charge is -2.32. The monoisotopic (exact) mass is 294 g/mol. The van der Waals surface area contributed by atoms with Gasteiger partial charge in [0.25, 0.3) is 0 Å². The number of carbonyl (C=O) groups excluding carboxylic acids is 1. The first-order valence-corrected chi connectivity index (χ1v) is 7.43. The van der Waals surface area contributed by atoms with Crippen molar-refractivity contribution in [1.82, 2.24) is 0 Å². The Bertz CT molecular complexity index is 525. The third-order valence-corrected chi connectivity index (χ3v) is 4.16. The Morgan fingerprint density at radius 3 is 2.62 bits per heavy atom. The van der Waals surface area contributed by atoms with Gasteiger partial charge in [-0.15, -0.1) is 0 Å². The molecule has 1 atom stereocenters. The number of rotatable bonds is 5. The fourth-order valence-electron chi connectivity index (χ4n) is 3.06. The molecule has 1 fully saturated rings. The van der Waals surface area contributed by atoms with Gasteiger partial charge in [0, 0.05) is 17.3 Å². The molecule has 0 aromatic heterocycles. The van der Waals surface area contributed by atoms with Crippen molar-refractivity contribution in [3.8, 4) is 0 Å². The maximum absolute atomic E-state index is 13.8. The smallest absolute Gasteiger partial charge is 0.236 e. The van der Waals surface area contributed by atoms with Crippen molar-refractivity contribution in [3.63, 3.8) is 0 Å². The van der Waals surface area contributed by atoms with E-state index in [9.17, 15) is 14.3 Å². The SMILES string of the molecule is Cc1cc(N(CC(N)=O)C2CCCC2)c([C@H](C)O)cc1F. The summed E-state index contributed by atoms with van der Waals surface area (Å²) in [6.45, 7) is 3.38. The number of aliphatic hydroxyl groups is 1. The van der Waals surface area contributed by atoms with Crippen LogP contribution in [0.5, 0.6) is 0 Å². The molecule has 2 rings (SSSR count). The Hall–Kier alpha value is -1.62. The topological polar surface area (TPSA) is 66.6 Å². The van der Waals surface area contributed by atoms with Gasteiger partial charge in [0.15, 0.2) is 0 Å². The van der Waals surface area contributed by atoms with Gasteiger partial charge in [0.05, 0.1) is 12.6 Å². The van der Waals surface area contributed by atoms with Crippen molar-refractivity contribution in [1.29, 1.82) is 0 Å². The van der Waals surface area contributed by atoms with Gasteiger partial charge in [0.1, 0.15) is 5.82 Å². The van der Waals surface area contributed by atoms with Gasteiger partial charge >= 0.3 is 0 Å². The summed E-state index contributed by atoms with van der Waals surface area (Å²) < 4.78 is 13.8. The van der Waals surface area contributed by atoms with E-state index in [0.717, 1.165) is 31.4 Å². The maximum atomic E-state index is 13.8. The Labute approximate surface area is 124 Å². The first kappa shape index (κ1) is 15.8. The Balaban J connectivity index is 2.46. The average molecular weight is 294 g/mol. The highest BCUT2D eigenvalue weighted by atomic mass is 19.1. The van der Waals surface area contributed by atoms with Crippen LogP contribution in [0.15, 0.2) is 12.1 Å². The maximum Gasteiger partial charge on any atom is 0.236 e. The minimum atomic E-state index is -0.799. The molecule has 0 unspecified atom stereocenters. The quantitative estimate of drug-likeness (QED) is 0.876. The number of carbonyl (C=O) groups is 1. The zero-order valence-corrected chi connectivity index (χ0v) is 12.6. The summed E-state index contributed by atoms with van der Waals surface area (Å²) in [5, 5.41) is 9.94. The second kappa shape index (κ2) is 6.43. The molecule has 0 spiro atoms. The summed E-state index contributed by atoms with van der Waals surface area (Å²) >= 11 is 0. The lowest BCUT2D eigenvalue weighted by Crippen LogP contribution is -2.41. The van der Waals surface area contributed by atoms with Crippen LogP contribution in [0.1, 0.15) is 49.8 Å². The van der Waals surface area contributed by atoms with Crippen molar-refractivity contribution in [2.45, 2.75) is 51.7 Å². The minimum absolute atomic E-state index is 0.0927. The fraction of sp³-hybridized carbons (Fsp3) is 0.562. The fourth-order valence-corrected chi connectivity index (χ4v) is 3.06. The largest absolute Gasteiger partial charge is 0.389 e. The van der Waals surface area contributed by atoms with Gasteiger partial charge in [0.2, 0.25) is 5.91 Å². The Kier molecular flexibility index (Phi) is 4.83. The molecule has 1 aliphatic rings. The second-order valence-electron chi connectivity index (χ2n) is 5.87. The standard InChI is InChI=1S/C16H23FN2O2/c1-10-7-15(13(11(2)20)8-14(10)17)19(9-16(18)21)12-5-3-4-6-12/h7-8,11-12,20H,3-6,9H2,1-2H3,(H2,18,21)/t11-/m0/s1. The zero-order valence-electron chi connectivity index (χ0n) is 12.6. The molecule has 0 heterocycles. The van der Waals surface area contributed by atoms with Gasteiger partial charge in [-0.05, 0) is 44.4 Å². The molecule has 1 aromatic rings. The molecule has 5 heteroatoms. The van der Waals surface area contributed by atoms with E-state index in [0.29, 0.717) is 11.1 Å². The number of aliphatic hydroxyl groups excluding tert-OH is 1. The van der Waals surface area contributed by atoms with Crippen LogP contribution in [0, 0.1) is 12.7 Å². The molecule has 1 saturated carbocycles. The van der Waals surface area contributed by atoms with Crippen molar-refractivity contribution < 1.29 is 14.3 Å². The van der Waals surface area contributed by atoms with Gasteiger partial charge in [-0.25, -0.2) is 4.39 Å². The Morgan fingerprint density at radius 2 is 2.10 bits per heavy atom. The highest BCUT2D eigenvalue weighted by Crippen LogP contribution is 2.34. The van der Waals surface area contributed by atoms with Crippen molar-refractivity contribution >= 4 is 11.6 Å². The minimum Gasteiger partial charge on any atom is -0.389 e. The molecule has 0 radical (unpaired) electrons. The van der Waals surface area contributed by atoms with Crippen LogP contribution < -0.4 is 10.6 Å². The van der Waals surface area contributed by atoms with Gasteiger partial charge in [-0.3, -0.25) is 4.79 Å². The lowest BCUT2D eigenvalue weighted by atomic mass is 10.0. The van der Waals surface area contributed by atoms with Gasteiger partial charge < -0.3 is 15.7 Å². The number of benzene rings is 1. The molecule has 21 heavy (non-hydrogen) atoms. The van der Waals surface area contributed by atoms with Gasteiger partial charge in [-0.1, -0.05) is 12.8 Å². The molecule has 0 saturated heterocycles. The predicted molar refractivity (Wildman–Crippen MR) is 80.6 cm³/mol. The molecule has 0 aliphatic heterocycles. The molecule has 1 aliphatic carbocycles. The van der Waals surface area contributed by atoms with Crippen LogP contribution in [0.4, 0.5) is 10.1 Å². The third-order valence-electron chi connectivity index (χ3n) is 4.16. The summed E-state index contributed by atoms with van der Waals surface area (Å²) in [7, 11) is 0. The van der Waals surface area contributed by atoms with E-state index < -0.39 is 12.0 Å². The highest BCUT2D eigenvalue weighted by molar-refractivity contribution is 5.80. The molecular weight excluding hydrogens is 271 g/mol. The summed E-state index contributed by atoms with van der Waals surface area (Å²) in [6, 6.07) is 3.29. The number of amides is 1. The summed E-state index contributed by atoms with van der Waals surface area (Å²) in [5.74, 6) is -0.763. The molecular formula is C16H23FN2O2. The number of nitrogens with two attached hydrogens (primary N) is 1. The summed E-state index contributed by atoms with van der Waals surface area (Å²) in [4.78, 5) is 13.4. The number of primary amides is 1. The number of nitrogens with zero attached hydrogens (tertiary/aromatic N) is 1. The van der Waals surface area contributed by atoms with Crippen LogP contribution >= 0.6 is 0 Å². The Morgan fingerprint density at radius 1 is 1.48 bits per heavy atom. The molecule has 1 aromatic carbocycles. The first-order chi connectivity index (χ1) is 9.90. The van der Waals surface area contributed by atoms with E-state index in [1.54, 1.807) is 19.9 Å². The third kappa shape index (κ3) is 3.53. The van der Waals surface area contributed by atoms with E-state index in [4.69, 9.17) is 5.73 Å². The van der Waals surface area contributed by atoms with E-state index in [1.807, 2.05) is 4.90 Å². The predicted octanol–water partition coefficient (Wildman–Crippen LogP) is 2.42. The van der Waals surface area contributed by atoms with Crippen LogP contribution in [0.25, 0.3) is 0 Å². The van der Waals surface area contributed by atoms with Crippen molar-refractivity contribution in [2.24, 2.45) is 5.73 Å². The molecule has 0 bridgehead atoms. The van der Waals surface area contributed by atoms with E-state index in [1.165, 1.54) is 6.07 Å². The molecule has 3 N–H and O–H groups in total. The molecule has 4 nitrogen and oxygen atoms in total. The van der Waals surface area contributed by atoms with Crippen LogP contribution in [-0.4, -0.2) is 23.6 Å². The zero-order chi connectivity index (χ0) is 15.6. The number of hydrogen-bond acceptors (Lipinski definition) is 3. The van der Waals surface area contributed by atoms with E-state index >= 15 is 0 Å².